The van der Waals surface area contributed by atoms with Crippen LogP contribution in [0.15, 0.2) is 18.2 Å². The molecule has 31 heavy (non-hydrogen) atoms. The van der Waals surface area contributed by atoms with Crippen molar-refractivity contribution in [3.8, 4) is 23.0 Å². The Morgan fingerprint density at radius 1 is 0.710 bits per heavy atom. The van der Waals surface area contributed by atoms with E-state index >= 15 is 0 Å². The molecule has 2 aromatic carbocycles. The lowest BCUT2D eigenvalue weighted by Crippen LogP contribution is -2.44. The number of ether oxygens (including phenoxy) is 2. The SMILES string of the molecule is COc1cc2cc(O[Si](C)(C)C(C)(C)C)cc(O[Si](C)(C)C(C)(C)C)c2c(OC)c1Cl. The third-order valence-electron chi connectivity index (χ3n) is 6.81. The van der Waals surface area contributed by atoms with Crippen molar-refractivity contribution in [2.75, 3.05) is 14.2 Å². The van der Waals surface area contributed by atoms with Crippen molar-refractivity contribution >= 4 is 39.0 Å². The summed E-state index contributed by atoms with van der Waals surface area (Å²) in [6.07, 6.45) is 0. The van der Waals surface area contributed by atoms with Gasteiger partial charge in [0.2, 0.25) is 8.32 Å². The van der Waals surface area contributed by atoms with Crippen molar-refractivity contribution in [2.45, 2.75) is 77.8 Å². The molecule has 0 saturated carbocycles. The third-order valence-corrected chi connectivity index (χ3v) is 15.9. The zero-order valence-corrected chi connectivity index (χ0v) is 24.0. The van der Waals surface area contributed by atoms with Crippen LogP contribution in [0.5, 0.6) is 23.0 Å². The van der Waals surface area contributed by atoms with Gasteiger partial charge in [-0.15, -0.1) is 0 Å². The fraction of sp³-hybridized carbons (Fsp3) is 0.583. The maximum atomic E-state index is 6.79. The first-order chi connectivity index (χ1) is 13.9. The van der Waals surface area contributed by atoms with Crippen molar-refractivity contribution in [3.05, 3.63) is 23.2 Å². The Balaban J connectivity index is 2.82. The van der Waals surface area contributed by atoms with Gasteiger partial charge in [-0.2, -0.15) is 0 Å². The first-order valence-electron chi connectivity index (χ1n) is 10.7. The topological polar surface area (TPSA) is 36.9 Å². The van der Waals surface area contributed by atoms with E-state index in [1.165, 1.54) is 0 Å². The number of methoxy groups -OCH3 is 2. The molecule has 7 heteroatoms. The number of hydrogen-bond acceptors (Lipinski definition) is 4. The van der Waals surface area contributed by atoms with Gasteiger partial charge in [-0.3, -0.25) is 0 Å². The lowest BCUT2D eigenvalue weighted by Gasteiger charge is -2.38. The van der Waals surface area contributed by atoms with Crippen LogP contribution in [0.4, 0.5) is 0 Å². The van der Waals surface area contributed by atoms with Gasteiger partial charge in [0.1, 0.15) is 22.3 Å². The van der Waals surface area contributed by atoms with Crippen LogP contribution >= 0.6 is 11.6 Å². The Morgan fingerprint density at radius 3 is 1.68 bits per heavy atom. The van der Waals surface area contributed by atoms with Crippen molar-refractivity contribution in [3.63, 3.8) is 0 Å². The van der Waals surface area contributed by atoms with E-state index in [1.807, 2.05) is 18.2 Å². The maximum absolute atomic E-state index is 6.79. The van der Waals surface area contributed by atoms with Crippen molar-refractivity contribution in [1.82, 2.24) is 0 Å². The Morgan fingerprint density at radius 2 is 1.23 bits per heavy atom. The van der Waals surface area contributed by atoms with E-state index in [1.54, 1.807) is 14.2 Å². The average Bonchev–Trinajstić information content (AvgIpc) is 2.59. The summed E-state index contributed by atoms with van der Waals surface area (Å²) in [5, 5.41) is 2.33. The minimum atomic E-state index is -2.13. The molecule has 2 aromatic rings. The predicted octanol–water partition coefficient (Wildman–Crippen LogP) is 8.28. The van der Waals surface area contributed by atoms with E-state index in [0.29, 0.717) is 16.5 Å². The van der Waals surface area contributed by atoms with Crippen LogP contribution in [0.25, 0.3) is 10.8 Å². The molecule has 0 radical (unpaired) electrons. The van der Waals surface area contributed by atoms with Gasteiger partial charge in [0.05, 0.1) is 19.6 Å². The van der Waals surface area contributed by atoms with E-state index < -0.39 is 16.6 Å². The second kappa shape index (κ2) is 8.52. The molecule has 0 bridgehead atoms. The van der Waals surface area contributed by atoms with Crippen molar-refractivity contribution in [1.29, 1.82) is 0 Å². The summed E-state index contributed by atoms with van der Waals surface area (Å²) in [5.41, 5.74) is 0. The van der Waals surface area contributed by atoms with Crippen LogP contribution in [0.1, 0.15) is 41.5 Å². The molecular weight excluding hydrogens is 444 g/mol. The lowest BCUT2D eigenvalue weighted by atomic mass is 10.1. The van der Waals surface area contributed by atoms with Gasteiger partial charge in [-0.25, -0.2) is 0 Å². The van der Waals surface area contributed by atoms with Gasteiger partial charge in [0.25, 0.3) is 8.32 Å². The number of rotatable bonds is 6. The number of fused-ring (bicyclic) bond motifs is 1. The lowest BCUT2D eigenvalue weighted by molar-refractivity contribution is 0.397. The molecule has 0 aliphatic heterocycles. The zero-order chi connectivity index (χ0) is 24.0. The minimum Gasteiger partial charge on any atom is -0.543 e. The molecule has 0 fully saturated rings. The molecule has 0 amide bonds. The molecule has 0 saturated heterocycles. The molecule has 2 rings (SSSR count). The predicted molar refractivity (Wildman–Crippen MR) is 138 cm³/mol. The Hall–Kier alpha value is -1.38. The highest BCUT2D eigenvalue weighted by molar-refractivity contribution is 6.75. The minimum absolute atomic E-state index is 0.0408. The summed E-state index contributed by atoms with van der Waals surface area (Å²) in [6, 6.07) is 5.97. The summed E-state index contributed by atoms with van der Waals surface area (Å²) >= 11 is 6.61. The Bertz CT molecular complexity index is 957. The zero-order valence-electron chi connectivity index (χ0n) is 21.2. The highest BCUT2D eigenvalue weighted by atomic mass is 35.5. The van der Waals surface area contributed by atoms with Crippen LogP contribution in [0, 0.1) is 0 Å². The van der Waals surface area contributed by atoms with Crippen LogP contribution in [-0.4, -0.2) is 30.9 Å². The van der Waals surface area contributed by atoms with Gasteiger partial charge in [0.15, 0.2) is 5.75 Å². The number of halogens is 1. The second-order valence-electron chi connectivity index (χ2n) is 11.2. The summed E-state index contributed by atoms with van der Waals surface area (Å²) in [4.78, 5) is 0. The summed E-state index contributed by atoms with van der Waals surface area (Å²) < 4.78 is 24.7. The molecule has 174 valence electrons. The standard InChI is InChI=1S/C24H39ClO4Si2/c1-23(2,3)30(9,10)28-17-13-16-14-19(26-7)21(25)22(27-8)20(16)18(15-17)29-31(11,12)24(4,5)6/h13-15H,1-12H3. The molecule has 0 aliphatic rings. The molecule has 0 unspecified atom stereocenters. The fourth-order valence-electron chi connectivity index (χ4n) is 2.75. The summed E-state index contributed by atoms with van der Waals surface area (Å²) in [5.74, 6) is 2.68. The molecule has 0 aliphatic carbocycles. The van der Waals surface area contributed by atoms with Gasteiger partial charge in [-0.05, 0) is 53.8 Å². The maximum Gasteiger partial charge on any atom is 0.250 e. The van der Waals surface area contributed by atoms with Crippen LogP contribution in [0.2, 0.25) is 41.3 Å². The van der Waals surface area contributed by atoms with Gasteiger partial charge < -0.3 is 18.3 Å². The molecule has 0 aromatic heterocycles. The molecule has 0 N–H and O–H groups in total. The monoisotopic (exact) mass is 482 g/mol. The largest absolute Gasteiger partial charge is 0.543 e. The van der Waals surface area contributed by atoms with Crippen molar-refractivity contribution in [2.24, 2.45) is 0 Å². The van der Waals surface area contributed by atoms with E-state index in [9.17, 15) is 0 Å². The molecule has 0 spiro atoms. The number of hydrogen-bond donors (Lipinski definition) is 0. The van der Waals surface area contributed by atoms with E-state index in [4.69, 9.17) is 29.9 Å². The highest BCUT2D eigenvalue weighted by Gasteiger charge is 2.41. The first-order valence-corrected chi connectivity index (χ1v) is 16.9. The normalized spacial score (nSPS) is 13.3. The number of benzene rings is 2. The van der Waals surface area contributed by atoms with Crippen molar-refractivity contribution < 1.29 is 18.3 Å². The summed E-state index contributed by atoms with van der Waals surface area (Å²) in [6.45, 7) is 22.3. The average molecular weight is 483 g/mol. The van der Waals surface area contributed by atoms with Crippen LogP contribution in [-0.2, 0) is 0 Å². The van der Waals surface area contributed by atoms with Crippen LogP contribution < -0.4 is 18.3 Å². The first kappa shape index (κ1) is 25.9. The summed E-state index contributed by atoms with van der Waals surface area (Å²) in [7, 11) is -0.941. The van der Waals surface area contributed by atoms with Crippen LogP contribution in [0.3, 0.4) is 0 Å². The quantitative estimate of drug-likeness (QED) is 0.388. The highest BCUT2D eigenvalue weighted by Crippen LogP contribution is 2.49. The van der Waals surface area contributed by atoms with Gasteiger partial charge in [-0.1, -0.05) is 53.1 Å². The van der Waals surface area contributed by atoms with Gasteiger partial charge >= 0.3 is 0 Å². The molecule has 0 heterocycles. The fourth-order valence-corrected chi connectivity index (χ4v) is 5.08. The van der Waals surface area contributed by atoms with Gasteiger partial charge in [0, 0.05) is 6.07 Å². The smallest absolute Gasteiger partial charge is 0.250 e. The Kier molecular flexibility index (Phi) is 7.12. The second-order valence-corrected chi connectivity index (χ2v) is 21.0. The molecule has 4 nitrogen and oxygen atoms in total. The van der Waals surface area contributed by atoms with E-state index in [-0.39, 0.29) is 10.1 Å². The third kappa shape index (κ3) is 5.17. The molecular formula is C24H39ClO4Si2. The van der Waals surface area contributed by atoms with E-state index in [0.717, 1.165) is 22.3 Å². The Labute approximate surface area is 195 Å². The molecule has 0 atom stereocenters. The van der Waals surface area contributed by atoms with E-state index in [2.05, 4.69) is 67.7 Å².